The van der Waals surface area contributed by atoms with Crippen molar-refractivity contribution in [3.8, 4) is 10.6 Å². The van der Waals surface area contributed by atoms with Gasteiger partial charge in [-0.2, -0.15) is 5.10 Å². The van der Waals surface area contributed by atoms with E-state index in [1.54, 1.807) is 17.5 Å². The van der Waals surface area contributed by atoms with Gasteiger partial charge in [-0.05, 0) is 44.3 Å². The summed E-state index contributed by atoms with van der Waals surface area (Å²) in [6.45, 7) is 6.54. The fraction of sp³-hybridized carbons (Fsp3) is 0.350. The van der Waals surface area contributed by atoms with Crippen LogP contribution in [0.3, 0.4) is 0 Å². The monoisotopic (exact) mass is 453 g/mol. The van der Waals surface area contributed by atoms with Crippen LogP contribution in [0, 0.1) is 0 Å². The van der Waals surface area contributed by atoms with Crippen LogP contribution >= 0.6 is 36.2 Å². The van der Waals surface area contributed by atoms with Gasteiger partial charge in [-0.25, -0.2) is 9.67 Å². The second-order valence-electron chi connectivity index (χ2n) is 6.95. The largest absolute Gasteiger partial charge is 0.348 e. The van der Waals surface area contributed by atoms with Gasteiger partial charge >= 0.3 is 0 Å². The number of hydrogen-bond acceptors (Lipinski definition) is 5. The fourth-order valence-electron chi connectivity index (χ4n) is 3.25. The molecule has 0 fully saturated rings. The number of amides is 1. The zero-order valence-corrected chi connectivity index (χ0v) is 18.8. The highest BCUT2D eigenvalue weighted by atomic mass is 35.5. The van der Waals surface area contributed by atoms with Crippen molar-refractivity contribution in [1.29, 1.82) is 0 Å². The minimum Gasteiger partial charge on any atom is -0.348 e. The third kappa shape index (κ3) is 4.98. The van der Waals surface area contributed by atoms with Crippen LogP contribution in [0.15, 0.2) is 41.4 Å². The van der Waals surface area contributed by atoms with Gasteiger partial charge < -0.3 is 10.6 Å². The molecular weight excluding hydrogens is 429 g/mol. The molecule has 6 nitrogen and oxygen atoms in total. The molecule has 156 valence electrons. The lowest BCUT2D eigenvalue weighted by Gasteiger charge is -2.15. The first kappa shape index (κ1) is 23.3. The average molecular weight is 454 g/mol. The van der Waals surface area contributed by atoms with E-state index in [4.69, 9.17) is 4.98 Å². The van der Waals surface area contributed by atoms with E-state index in [1.807, 2.05) is 28.3 Å². The second-order valence-corrected chi connectivity index (χ2v) is 7.90. The summed E-state index contributed by atoms with van der Waals surface area (Å²) < 4.78 is 1.87. The van der Waals surface area contributed by atoms with Crippen LogP contribution in [0.4, 0.5) is 0 Å². The number of rotatable bonds is 5. The standard InChI is InChI=1S/C20H23N5OS.2ClH/c1-13(2)25-19-16(12-23-25)15(10-17(24-19)18-4-3-9-27-18)20(26)22-11-14-5-7-21-8-6-14;;/h3-5,9-10,12-13,21H,6-8,11H2,1-2H3,(H,22,26);2*1H. The molecule has 1 amide bonds. The Morgan fingerprint density at radius 1 is 1.38 bits per heavy atom. The van der Waals surface area contributed by atoms with Crippen LogP contribution in [0.25, 0.3) is 21.6 Å². The molecule has 3 aromatic rings. The Labute approximate surface area is 186 Å². The lowest BCUT2D eigenvalue weighted by Crippen LogP contribution is -2.29. The molecule has 4 heterocycles. The minimum atomic E-state index is -0.0806. The lowest BCUT2D eigenvalue weighted by molar-refractivity contribution is 0.0958. The van der Waals surface area contributed by atoms with Crippen LogP contribution in [0.5, 0.6) is 0 Å². The molecule has 1 aliphatic rings. The molecule has 0 radical (unpaired) electrons. The van der Waals surface area contributed by atoms with Gasteiger partial charge in [0.2, 0.25) is 0 Å². The number of halogens is 2. The van der Waals surface area contributed by atoms with Crippen LogP contribution in [0.1, 0.15) is 36.7 Å². The highest BCUT2D eigenvalue weighted by molar-refractivity contribution is 7.13. The number of pyridine rings is 1. The van der Waals surface area contributed by atoms with Crippen molar-refractivity contribution in [3.63, 3.8) is 0 Å². The molecule has 0 aliphatic carbocycles. The first-order valence-corrected chi connectivity index (χ1v) is 10.1. The molecule has 1 aliphatic heterocycles. The van der Waals surface area contributed by atoms with E-state index >= 15 is 0 Å². The van der Waals surface area contributed by atoms with E-state index in [1.165, 1.54) is 5.57 Å². The molecule has 0 aromatic carbocycles. The third-order valence-corrected chi connectivity index (χ3v) is 5.60. The maximum absolute atomic E-state index is 13.0. The quantitative estimate of drug-likeness (QED) is 0.566. The zero-order chi connectivity index (χ0) is 18.8. The van der Waals surface area contributed by atoms with Crippen LogP contribution in [0.2, 0.25) is 0 Å². The van der Waals surface area contributed by atoms with Gasteiger partial charge in [0.05, 0.1) is 27.7 Å². The van der Waals surface area contributed by atoms with Crippen molar-refractivity contribution < 1.29 is 4.79 Å². The Morgan fingerprint density at radius 2 is 2.21 bits per heavy atom. The first-order chi connectivity index (χ1) is 13.1. The van der Waals surface area contributed by atoms with Gasteiger partial charge in [-0.3, -0.25) is 4.79 Å². The molecule has 0 saturated heterocycles. The SMILES string of the molecule is CC(C)n1ncc2c(C(=O)NCC3=CCNCC3)cc(-c3cccs3)nc21.Cl.Cl. The second kappa shape index (κ2) is 10.2. The lowest BCUT2D eigenvalue weighted by atomic mass is 10.1. The van der Waals surface area contributed by atoms with Crippen molar-refractivity contribution in [1.82, 2.24) is 25.4 Å². The average Bonchev–Trinajstić information content (AvgIpc) is 3.35. The van der Waals surface area contributed by atoms with Crippen molar-refractivity contribution in [2.45, 2.75) is 26.3 Å². The van der Waals surface area contributed by atoms with Crippen LogP contribution < -0.4 is 10.6 Å². The number of fused-ring (bicyclic) bond motifs is 1. The van der Waals surface area contributed by atoms with Crippen molar-refractivity contribution >= 4 is 53.1 Å². The minimum absolute atomic E-state index is 0. The molecule has 0 spiro atoms. The number of carbonyl (C=O) groups is 1. The summed E-state index contributed by atoms with van der Waals surface area (Å²) in [7, 11) is 0. The van der Waals surface area contributed by atoms with E-state index in [9.17, 15) is 4.79 Å². The normalized spacial score (nSPS) is 13.6. The molecule has 2 N–H and O–H groups in total. The van der Waals surface area contributed by atoms with Gasteiger partial charge in [0.15, 0.2) is 5.65 Å². The van der Waals surface area contributed by atoms with Crippen molar-refractivity contribution in [3.05, 3.63) is 47.0 Å². The molecule has 9 heteroatoms. The maximum atomic E-state index is 13.0. The highest BCUT2D eigenvalue weighted by Crippen LogP contribution is 2.28. The summed E-state index contributed by atoms with van der Waals surface area (Å²) in [6.07, 6.45) is 4.87. The molecule has 29 heavy (non-hydrogen) atoms. The Kier molecular flexibility index (Phi) is 8.22. The van der Waals surface area contributed by atoms with E-state index < -0.39 is 0 Å². The van der Waals surface area contributed by atoms with E-state index in [-0.39, 0.29) is 36.8 Å². The zero-order valence-electron chi connectivity index (χ0n) is 16.3. The van der Waals surface area contributed by atoms with Gasteiger partial charge in [0.25, 0.3) is 5.91 Å². The molecule has 0 bridgehead atoms. The molecule has 4 rings (SSSR count). The summed E-state index contributed by atoms with van der Waals surface area (Å²) in [5.74, 6) is -0.0806. The number of nitrogens with zero attached hydrogens (tertiary/aromatic N) is 3. The Balaban J connectivity index is 0.00000150. The Hall–Kier alpha value is -1.93. The van der Waals surface area contributed by atoms with Gasteiger partial charge in [-0.1, -0.05) is 17.7 Å². The first-order valence-electron chi connectivity index (χ1n) is 9.22. The number of hydrogen-bond donors (Lipinski definition) is 2. The van der Waals surface area contributed by atoms with Crippen LogP contribution in [-0.2, 0) is 0 Å². The Bertz CT molecular complexity index is 998. The Morgan fingerprint density at radius 3 is 2.86 bits per heavy atom. The van der Waals surface area contributed by atoms with Gasteiger partial charge in [-0.15, -0.1) is 36.2 Å². The molecule has 0 saturated carbocycles. The molecule has 0 unspecified atom stereocenters. The molecule has 3 aromatic heterocycles. The number of carbonyl (C=O) groups excluding carboxylic acids is 1. The molecular formula is C20H25Cl2N5OS. The van der Waals surface area contributed by atoms with Crippen molar-refractivity contribution in [2.24, 2.45) is 0 Å². The topological polar surface area (TPSA) is 71.8 Å². The summed E-state index contributed by atoms with van der Waals surface area (Å²) >= 11 is 1.62. The third-order valence-electron chi connectivity index (χ3n) is 4.71. The van der Waals surface area contributed by atoms with Gasteiger partial charge in [0, 0.05) is 19.1 Å². The number of thiophene rings is 1. The van der Waals surface area contributed by atoms with E-state index in [0.29, 0.717) is 12.1 Å². The van der Waals surface area contributed by atoms with Crippen molar-refractivity contribution in [2.75, 3.05) is 19.6 Å². The summed E-state index contributed by atoms with van der Waals surface area (Å²) in [4.78, 5) is 18.8. The molecule has 0 atom stereocenters. The maximum Gasteiger partial charge on any atom is 0.252 e. The van der Waals surface area contributed by atoms with E-state index in [0.717, 1.165) is 41.1 Å². The number of nitrogens with one attached hydrogen (secondary N) is 2. The number of aromatic nitrogens is 3. The summed E-state index contributed by atoms with van der Waals surface area (Å²) in [5.41, 5.74) is 3.46. The van der Waals surface area contributed by atoms with E-state index in [2.05, 4.69) is 35.7 Å². The summed E-state index contributed by atoms with van der Waals surface area (Å²) in [5, 5.41) is 13.6. The highest BCUT2D eigenvalue weighted by Gasteiger charge is 2.19. The predicted octanol–water partition coefficient (Wildman–Crippen LogP) is 4.23. The summed E-state index contributed by atoms with van der Waals surface area (Å²) in [6, 6.07) is 6.07. The fourth-order valence-corrected chi connectivity index (χ4v) is 3.94. The smallest absolute Gasteiger partial charge is 0.252 e. The van der Waals surface area contributed by atoms with Gasteiger partial charge in [0.1, 0.15) is 0 Å². The van der Waals surface area contributed by atoms with Crippen LogP contribution in [-0.4, -0.2) is 40.3 Å². The predicted molar refractivity (Wildman–Crippen MR) is 124 cm³/mol.